The van der Waals surface area contributed by atoms with Crippen molar-refractivity contribution in [3.8, 4) is 0 Å². The van der Waals surface area contributed by atoms with Gasteiger partial charge in [-0.1, -0.05) is 19.8 Å². The maximum absolute atomic E-state index is 13.3. The zero-order valence-electron chi connectivity index (χ0n) is 13.1. The molecule has 0 saturated heterocycles. The Balaban J connectivity index is 2.17. The van der Waals surface area contributed by atoms with E-state index in [2.05, 4.69) is 23.4 Å². The van der Waals surface area contributed by atoms with Crippen molar-refractivity contribution in [3.63, 3.8) is 0 Å². The first-order chi connectivity index (χ1) is 10.2. The number of imidazole rings is 1. The number of rotatable bonds is 8. The Morgan fingerprint density at radius 1 is 1.24 bits per heavy atom. The second kappa shape index (κ2) is 7.55. The van der Waals surface area contributed by atoms with E-state index in [9.17, 15) is 4.39 Å². The van der Waals surface area contributed by atoms with E-state index >= 15 is 0 Å². The van der Waals surface area contributed by atoms with Gasteiger partial charge in [0.2, 0.25) is 0 Å². The van der Waals surface area contributed by atoms with E-state index in [1.165, 1.54) is 25.0 Å². The second-order valence-electron chi connectivity index (χ2n) is 5.68. The third kappa shape index (κ3) is 3.82. The predicted octanol–water partition coefficient (Wildman–Crippen LogP) is 3.89. The van der Waals surface area contributed by atoms with Crippen LogP contribution in [0.4, 0.5) is 4.39 Å². The maximum atomic E-state index is 13.3. The monoisotopic (exact) mass is 291 g/mol. The van der Waals surface area contributed by atoms with Gasteiger partial charge in [-0.2, -0.15) is 0 Å². The van der Waals surface area contributed by atoms with E-state index in [0.29, 0.717) is 5.92 Å². The highest BCUT2D eigenvalue weighted by Gasteiger charge is 2.13. The van der Waals surface area contributed by atoms with Crippen molar-refractivity contribution in [2.24, 2.45) is 11.7 Å². The van der Waals surface area contributed by atoms with Crippen molar-refractivity contribution in [1.82, 2.24) is 9.55 Å². The molecular formula is C17H26FN3. The quantitative estimate of drug-likeness (QED) is 0.801. The summed E-state index contributed by atoms with van der Waals surface area (Å²) in [6.07, 6.45) is 5.54. The molecule has 0 aliphatic rings. The molecule has 1 aromatic carbocycles. The molecule has 2 rings (SSSR count). The molecule has 2 aromatic rings. The highest BCUT2D eigenvalue weighted by molar-refractivity contribution is 5.76. The summed E-state index contributed by atoms with van der Waals surface area (Å²) in [5.74, 6) is 1.51. The fourth-order valence-electron chi connectivity index (χ4n) is 3.11. The van der Waals surface area contributed by atoms with Gasteiger partial charge in [0.15, 0.2) is 0 Å². The van der Waals surface area contributed by atoms with Crippen molar-refractivity contribution < 1.29 is 4.39 Å². The van der Waals surface area contributed by atoms with Crippen molar-refractivity contribution >= 4 is 11.0 Å². The summed E-state index contributed by atoms with van der Waals surface area (Å²) < 4.78 is 15.5. The lowest BCUT2D eigenvalue weighted by atomic mass is 9.94. The van der Waals surface area contributed by atoms with Gasteiger partial charge >= 0.3 is 0 Å². The van der Waals surface area contributed by atoms with E-state index in [1.54, 1.807) is 0 Å². The Morgan fingerprint density at radius 2 is 2.05 bits per heavy atom. The molecule has 4 heteroatoms. The normalized spacial score (nSPS) is 13.0. The Labute approximate surface area is 126 Å². The van der Waals surface area contributed by atoms with Gasteiger partial charge in [0.1, 0.15) is 11.6 Å². The fourth-order valence-corrected chi connectivity index (χ4v) is 3.11. The standard InChI is InChI=1S/C17H26FN3/c1-3-5-13(10-11-19)6-9-17-20-15-12-14(18)7-8-16(15)21(17)4-2/h7-8,12-13H,3-6,9-11,19H2,1-2H3. The first-order valence-corrected chi connectivity index (χ1v) is 8.04. The minimum absolute atomic E-state index is 0.221. The van der Waals surface area contributed by atoms with Gasteiger partial charge in [-0.05, 0) is 44.4 Å². The molecular weight excluding hydrogens is 265 g/mol. The van der Waals surface area contributed by atoms with E-state index in [-0.39, 0.29) is 5.82 Å². The Morgan fingerprint density at radius 3 is 2.71 bits per heavy atom. The van der Waals surface area contributed by atoms with E-state index < -0.39 is 0 Å². The summed E-state index contributed by atoms with van der Waals surface area (Å²) in [4.78, 5) is 4.63. The average molecular weight is 291 g/mol. The number of benzene rings is 1. The molecule has 0 radical (unpaired) electrons. The van der Waals surface area contributed by atoms with E-state index in [0.717, 1.165) is 49.2 Å². The predicted molar refractivity (Wildman–Crippen MR) is 85.8 cm³/mol. The number of aromatic nitrogens is 2. The summed E-state index contributed by atoms with van der Waals surface area (Å²) in [5.41, 5.74) is 7.49. The van der Waals surface area contributed by atoms with Crippen LogP contribution in [-0.2, 0) is 13.0 Å². The number of fused-ring (bicyclic) bond motifs is 1. The number of aryl methyl sites for hydroxylation is 2. The van der Waals surface area contributed by atoms with Gasteiger partial charge in [0.05, 0.1) is 11.0 Å². The number of nitrogens with two attached hydrogens (primary N) is 1. The van der Waals surface area contributed by atoms with Gasteiger partial charge in [-0.15, -0.1) is 0 Å². The smallest absolute Gasteiger partial charge is 0.125 e. The number of nitrogens with zero attached hydrogens (tertiary/aromatic N) is 2. The highest BCUT2D eigenvalue weighted by atomic mass is 19.1. The molecule has 21 heavy (non-hydrogen) atoms. The largest absolute Gasteiger partial charge is 0.330 e. The van der Waals surface area contributed by atoms with Crippen LogP contribution in [0.2, 0.25) is 0 Å². The van der Waals surface area contributed by atoms with Crippen LogP contribution in [-0.4, -0.2) is 16.1 Å². The van der Waals surface area contributed by atoms with Crippen LogP contribution in [0.25, 0.3) is 11.0 Å². The number of hydrogen-bond donors (Lipinski definition) is 1. The summed E-state index contributed by atoms with van der Waals surface area (Å²) in [7, 11) is 0. The molecule has 0 bridgehead atoms. The third-order valence-corrected chi connectivity index (χ3v) is 4.15. The molecule has 1 atom stereocenters. The Kier molecular flexibility index (Phi) is 5.74. The van der Waals surface area contributed by atoms with Gasteiger partial charge in [-0.3, -0.25) is 0 Å². The van der Waals surface area contributed by atoms with Crippen LogP contribution in [0.3, 0.4) is 0 Å². The van der Waals surface area contributed by atoms with Gasteiger partial charge in [0.25, 0.3) is 0 Å². The zero-order chi connectivity index (χ0) is 15.2. The van der Waals surface area contributed by atoms with Crippen molar-refractivity contribution in [1.29, 1.82) is 0 Å². The third-order valence-electron chi connectivity index (χ3n) is 4.15. The van der Waals surface area contributed by atoms with Gasteiger partial charge in [0, 0.05) is 19.0 Å². The van der Waals surface area contributed by atoms with Crippen LogP contribution in [0.1, 0.15) is 45.4 Å². The molecule has 0 fully saturated rings. The lowest BCUT2D eigenvalue weighted by Crippen LogP contribution is -2.11. The molecule has 0 spiro atoms. The van der Waals surface area contributed by atoms with Crippen molar-refractivity contribution in [2.45, 2.75) is 52.5 Å². The van der Waals surface area contributed by atoms with Crippen LogP contribution in [0.15, 0.2) is 18.2 Å². The average Bonchev–Trinajstić information content (AvgIpc) is 2.81. The molecule has 1 heterocycles. The molecule has 1 unspecified atom stereocenters. The number of halogens is 1. The Bertz CT molecular complexity index is 571. The van der Waals surface area contributed by atoms with Gasteiger partial charge in [-0.25, -0.2) is 9.37 Å². The first-order valence-electron chi connectivity index (χ1n) is 8.04. The van der Waals surface area contributed by atoms with Crippen molar-refractivity contribution in [3.05, 3.63) is 29.8 Å². The lowest BCUT2D eigenvalue weighted by molar-refractivity contribution is 0.415. The molecule has 116 valence electrons. The molecule has 1 aromatic heterocycles. The molecule has 3 nitrogen and oxygen atoms in total. The summed E-state index contributed by atoms with van der Waals surface area (Å²) in [6.45, 7) is 5.94. The minimum atomic E-state index is -0.221. The molecule has 0 aliphatic carbocycles. The lowest BCUT2D eigenvalue weighted by Gasteiger charge is -2.15. The SMILES string of the molecule is CCCC(CCN)CCc1nc2cc(F)ccc2n1CC. The van der Waals surface area contributed by atoms with Crippen LogP contribution >= 0.6 is 0 Å². The highest BCUT2D eigenvalue weighted by Crippen LogP contribution is 2.22. The van der Waals surface area contributed by atoms with Gasteiger partial charge < -0.3 is 10.3 Å². The summed E-state index contributed by atoms with van der Waals surface area (Å²) in [6, 6.07) is 4.86. The zero-order valence-corrected chi connectivity index (χ0v) is 13.1. The number of hydrogen-bond acceptors (Lipinski definition) is 2. The summed E-state index contributed by atoms with van der Waals surface area (Å²) >= 11 is 0. The van der Waals surface area contributed by atoms with Crippen LogP contribution in [0.5, 0.6) is 0 Å². The molecule has 0 aliphatic heterocycles. The van der Waals surface area contributed by atoms with Crippen LogP contribution < -0.4 is 5.73 Å². The second-order valence-corrected chi connectivity index (χ2v) is 5.68. The first kappa shape index (κ1) is 16.0. The van der Waals surface area contributed by atoms with E-state index in [4.69, 9.17) is 5.73 Å². The molecule has 0 saturated carbocycles. The maximum Gasteiger partial charge on any atom is 0.125 e. The minimum Gasteiger partial charge on any atom is -0.330 e. The summed E-state index contributed by atoms with van der Waals surface area (Å²) in [5, 5.41) is 0. The Hall–Kier alpha value is -1.42. The van der Waals surface area contributed by atoms with Crippen molar-refractivity contribution in [2.75, 3.05) is 6.54 Å². The molecule has 2 N–H and O–H groups in total. The molecule has 0 amide bonds. The fraction of sp³-hybridized carbons (Fsp3) is 0.588. The van der Waals surface area contributed by atoms with E-state index in [1.807, 2.05) is 6.07 Å². The van der Waals surface area contributed by atoms with Crippen LogP contribution in [0, 0.1) is 11.7 Å². The topological polar surface area (TPSA) is 43.8 Å².